The van der Waals surface area contributed by atoms with Gasteiger partial charge in [0, 0.05) is 18.1 Å². The van der Waals surface area contributed by atoms with Crippen LogP contribution in [0.3, 0.4) is 0 Å². The van der Waals surface area contributed by atoms with E-state index in [0.29, 0.717) is 5.82 Å². The number of hydrogen-bond acceptors (Lipinski definition) is 2. The van der Waals surface area contributed by atoms with Crippen LogP contribution < -0.4 is 0 Å². The van der Waals surface area contributed by atoms with Crippen LogP contribution in [0, 0.1) is 18.3 Å². The molecule has 0 aliphatic heterocycles. The Kier molecular flexibility index (Phi) is 2.04. The summed E-state index contributed by atoms with van der Waals surface area (Å²) in [7, 11) is 0. The lowest BCUT2D eigenvalue weighted by molar-refractivity contribution is 1.02. The average molecular weight is 183 g/mol. The van der Waals surface area contributed by atoms with Gasteiger partial charge in [0.2, 0.25) is 5.82 Å². The van der Waals surface area contributed by atoms with E-state index in [0.717, 1.165) is 5.69 Å². The molecule has 68 valence electrons. The molecule has 0 saturated carbocycles. The summed E-state index contributed by atoms with van der Waals surface area (Å²) in [5.41, 5.74) is 2.16. The van der Waals surface area contributed by atoms with Gasteiger partial charge in [-0.25, -0.2) is 4.98 Å². The Hall–Kier alpha value is -2.08. The Bertz CT molecular complexity index is 474. The lowest BCUT2D eigenvalue weighted by Crippen LogP contribution is -1.95. The SMILES string of the molecule is Cc1ccc(-n2ccnc2C#N)cc1. The van der Waals surface area contributed by atoms with Crippen molar-refractivity contribution in [3.63, 3.8) is 0 Å². The predicted molar refractivity (Wildman–Crippen MR) is 53.0 cm³/mol. The van der Waals surface area contributed by atoms with Crippen LogP contribution in [0.15, 0.2) is 36.7 Å². The molecule has 3 nitrogen and oxygen atoms in total. The number of hydrogen-bond donors (Lipinski definition) is 0. The molecule has 2 aromatic rings. The van der Waals surface area contributed by atoms with Crippen LogP contribution in [0.25, 0.3) is 5.69 Å². The molecule has 1 heterocycles. The Balaban J connectivity index is 2.50. The fraction of sp³-hybridized carbons (Fsp3) is 0.0909. The van der Waals surface area contributed by atoms with Gasteiger partial charge in [-0.05, 0) is 19.1 Å². The van der Waals surface area contributed by atoms with E-state index in [9.17, 15) is 0 Å². The van der Waals surface area contributed by atoms with Gasteiger partial charge in [0.15, 0.2) is 0 Å². The third kappa shape index (κ3) is 1.38. The summed E-state index contributed by atoms with van der Waals surface area (Å²) in [5, 5.41) is 8.79. The van der Waals surface area contributed by atoms with Gasteiger partial charge in [-0.1, -0.05) is 17.7 Å². The molecule has 1 aromatic carbocycles. The molecular weight excluding hydrogens is 174 g/mol. The predicted octanol–water partition coefficient (Wildman–Crippen LogP) is 2.05. The summed E-state index contributed by atoms with van der Waals surface area (Å²) >= 11 is 0. The monoisotopic (exact) mass is 183 g/mol. The van der Waals surface area contributed by atoms with E-state index >= 15 is 0 Å². The zero-order valence-corrected chi connectivity index (χ0v) is 7.81. The summed E-state index contributed by atoms with van der Waals surface area (Å²) in [6, 6.07) is 10.0. The van der Waals surface area contributed by atoms with E-state index in [1.54, 1.807) is 17.0 Å². The maximum Gasteiger partial charge on any atom is 0.217 e. The zero-order chi connectivity index (χ0) is 9.97. The average Bonchev–Trinajstić information content (AvgIpc) is 2.67. The van der Waals surface area contributed by atoms with Gasteiger partial charge in [0.25, 0.3) is 0 Å². The van der Waals surface area contributed by atoms with Crippen LogP contribution in [-0.4, -0.2) is 9.55 Å². The quantitative estimate of drug-likeness (QED) is 0.679. The summed E-state index contributed by atoms with van der Waals surface area (Å²) in [6.07, 6.45) is 3.40. The van der Waals surface area contributed by atoms with E-state index in [1.807, 2.05) is 37.3 Å². The number of nitriles is 1. The largest absolute Gasteiger partial charge is 0.291 e. The summed E-state index contributed by atoms with van der Waals surface area (Å²) < 4.78 is 1.76. The van der Waals surface area contributed by atoms with Gasteiger partial charge in [0.05, 0.1) is 0 Å². The fourth-order valence-corrected chi connectivity index (χ4v) is 1.30. The van der Waals surface area contributed by atoms with E-state index in [-0.39, 0.29) is 0 Å². The summed E-state index contributed by atoms with van der Waals surface area (Å²) in [5.74, 6) is 0.411. The van der Waals surface area contributed by atoms with Crippen molar-refractivity contribution in [2.24, 2.45) is 0 Å². The first-order valence-electron chi connectivity index (χ1n) is 4.32. The Labute approximate surface area is 82.2 Å². The van der Waals surface area contributed by atoms with E-state index in [4.69, 9.17) is 5.26 Å². The number of rotatable bonds is 1. The lowest BCUT2D eigenvalue weighted by atomic mass is 10.2. The summed E-state index contributed by atoms with van der Waals surface area (Å²) in [4.78, 5) is 3.94. The first-order chi connectivity index (χ1) is 6.81. The minimum absolute atomic E-state index is 0.411. The molecular formula is C11H9N3. The van der Waals surface area contributed by atoms with E-state index < -0.39 is 0 Å². The molecule has 2 rings (SSSR count). The lowest BCUT2D eigenvalue weighted by Gasteiger charge is -2.02. The topological polar surface area (TPSA) is 41.6 Å². The molecule has 1 aromatic heterocycles. The fourth-order valence-electron chi connectivity index (χ4n) is 1.30. The molecule has 0 spiro atoms. The first kappa shape index (κ1) is 8.52. The van der Waals surface area contributed by atoms with E-state index in [2.05, 4.69) is 4.98 Å². The van der Waals surface area contributed by atoms with Gasteiger partial charge in [-0.3, -0.25) is 4.57 Å². The van der Waals surface area contributed by atoms with Gasteiger partial charge in [-0.15, -0.1) is 0 Å². The zero-order valence-electron chi connectivity index (χ0n) is 7.81. The van der Waals surface area contributed by atoms with Crippen molar-refractivity contribution in [1.29, 1.82) is 5.26 Å². The molecule has 0 aliphatic carbocycles. The number of nitrogens with zero attached hydrogens (tertiary/aromatic N) is 3. The molecule has 0 radical (unpaired) electrons. The molecule has 0 saturated heterocycles. The maximum atomic E-state index is 8.79. The number of imidazole rings is 1. The number of aryl methyl sites for hydroxylation is 1. The third-order valence-corrected chi connectivity index (χ3v) is 2.05. The van der Waals surface area contributed by atoms with Crippen LogP contribution in [0.2, 0.25) is 0 Å². The smallest absolute Gasteiger partial charge is 0.217 e. The standard InChI is InChI=1S/C11H9N3/c1-9-2-4-10(5-3-9)14-7-6-13-11(14)8-12/h2-7H,1H3. The van der Waals surface area contributed by atoms with Crippen molar-refractivity contribution in [3.8, 4) is 11.8 Å². The second-order valence-electron chi connectivity index (χ2n) is 3.07. The van der Waals surface area contributed by atoms with E-state index in [1.165, 1.54) is 5.56 Å². The van der Waals surface area contributed by atoms with Crippen molar-refractivity contribution >= 4 is 0 Å². The van der Waals surface area contributed by atoms with Crippen molar-refractivity contribution < 1.29 is 0 Å². The highest BCUT2D eigenvalue weighted by Gasteiger charge is 2.02. The molecule has 0 aliphatic rings. The normalized spacial score (nSPS) is 9.71. The molecule has 0 fully saturated rings. The van der Waals surface area contributed by atoms with Crippen LogP contribution in [0.5, 0.6) is 0 Å². The number of benzene rings is 1. The van der Waals surface area contributed by atoms with Crippen molar-refractivity contribution in [2.45, 2.75) is 6.92 Å². The molecule has 0 N–H and O–H groups in total. The highest BCUT2D eigenvalue weighted by atomic mass is 15.1. The van der Waals surface area contributed by atoms with Gasteiger partial charge in [0.1, 0.15) is 6.07 Å². The van der Waals surface area contributed by atoms with Crippen LogP contribution in [0.1, 0.15) is 11.4 Å². The second kappa shape index (κ2) is 3.35. The minimum atomic E-state index is 0.411. The maximum absolute atomic E-state index is 8.79. The summed E-state index contributed by atoms with van der Waals surface area (Å²) in [6.45, 7) is 2.03. The molecule has 0 amide bonds. The second-order valence-corrected chi connectivity index (χ2v) is 3.07. The third-order valence-electron chi connectivity index (χ3n) is 2.05. The molecule has 0 unspecified atom stereocenters. The van der Waals surface area contributed by atoms with Crippen molar-refractivity contribution in [2.75, 3.05) is 0 Å². The molecule has 3 heteroatoms. The van der Waals surface area contributed by atoms with Gasteiger partial charge >= 0.3 is 0 Å². The Morgan fingerprint density at radius 3 is 2.64 bits per heavy atom. The Morgan fingerprint density at radius 2 is 2.00 bits per heavy atom. The van der Waals surface area contributed by atoms with Crippen LogP contribution in [0.4, 0.5) is 0 Å². The van der Waals surface area contributed by atoms with Crippen molar-refractivity contribution in [3.05, 3.63) is 48.0 Å². The first-order valence-corrected chi connectivity index (χ1v) is 4.32. The van der Waals surface area contributed by atoms with Crippen LogP contribution >= 0.6 is 0 Å². The van der Waals surface area contributed by atoms with Gasteiger partial charge < -0.3 is 0 Å². The highest BCUT2D eigenvalue weighted by molar-refractivity contribution is 5.37. The van der Waals surface area contributed by atoms with Gasteiger partial charge in [-0.2, -0.15) is 5.26 Å². The minimum Gasteiger partial charge on any atom is -0.291 e. The van der Waals surface area contributed by atoms with Crippen molar-refractivity contribution in [1.82, 2.24) is 9.55 Å². The Morgan fingerprint density at radius 1 is 1.29 bits per heavy atom. The number of aromatic nitrogens is 2. The molecule has 0 bridgehead atoms. The molecule has 14 heavy (non-hydrogen) atoms. The highest BCUT2D eigenvalue weighted by Crippen LogP contribution is 2.10. The van der Waals surface area contributed by atoms with Crippen LogP contribution in [-0.2, 0) is 0 Å². The molecule has 0 atom stereocenters.